The number of hydrogen-bond donors (Lipinski definition) is 1. The second kappa shape index (κ2) is 6.66. The minimum absolute atomic E-state index is 0.102. The van der Waals surface area contributed by atoms with E-state index in [1.165, 1.54) is 22.5 Å². The van der Waals surface area contributed by atoms with Crippen LogP contribution in [0.4, 0.5) is 0 Å². The van der Waals surface area contributed by atoms with E-state index < -0.39 is 0 Å². The third kappa shape index (κ3) is 3.78. The van der Waals surface area contributed by atoms with Crippen LogP contribution in [0.5, 0.6) is 0 Å². The first-order chi connectivity index (χ1) is 10.9. The summed E-state index contributed by atoms with van der Waals surface area (Å²) < 4.78 is 2.26. The summed E-state index contributed by atoms with van der Waals surface area (Å²) in [5.74, 6) is 0. The van der Waals surface area contributed by atoms with E-state index in [-0.39, 0.29) is 5.41 Å². The molecular weight excluding hydrogens is 306 g/mol. The maximum Gasteiger partial charge on any atom is 0.0725 e. The van der Waals surface area contributed by atoms with Crippen LogP contribution in [0.25, 0.3) is 0 Å². The Morgan fingerprint density at radius 2 is 1.96 bits per heavy atom. The van der Waals surface area contributed by atoms with E-state index in [0.717, 1.165) is 43.9 Å². The average molecular weight is 332 g/mol. The van der Waals surface area contributed by atoms with Crippen LogP contribution in [-0.4, -0.2) is 16.3 Å². The highest BCUT2D eigenvalue weighted by Gasteiger charge is 2.27. The maximum absolute atomic E-state index is 5.95. The lowest BCUT2D eigenvalue weighted by Crippen LogP contribution is -2.26. The van der Waals surface area contributed by atoms with Crippen LogP contribution >= 0.6 is 11.6 Å². The Bertz CT molecular complexity index is 665. The lowest BCUT2D eigenvalue weighted by molar-refractivity contribution is 0.511. The number of nitrogens with one attached hydrogen (secondary N) is 1. The molecule has 3 rings (SSSR count). The summed E-state index contributed by atoms with van der Waals surface area (Å²) in [5.41, 5.74) is 5.56. The van der Waals surface area contributed by atoms with Gasteiger partial charge in [0.1, 0.15) is 0 Å². The summed E-state index contributed by atoms with van der Waals surface area (Å²) in [6, 6.07) is 8.17. The predicted molar refractivity (Wildman–Crippen MR) is 96.1 cm³/mol. The van der Waals surface area contributed by atoms with E-state index >= 15 is 0 Å². The van der Waals surface area contributed by atoms with Gasteiger partial charge in [-0.1, -0.05) is 44.5 Å². The normalized spacial score (nSPS) is 14.8. The van der Waals surface area contributed by atoms with Crippen LogP contribution in [0.15, 0.2) is 24.3 Å². The summed E-state index contributed by atoms with van der Waals surface area (Å²) in [6.45, 7) is 9.76. The molecule has 4 heteroatoms. The topological polar surface area (TPSA) is 29.9 Å². The van der Waals surface area contributed by atoms with Crippen molar-refractivity contribution in [3.05, 3.63) is 51.8 Å². The van der Waals surface area contributed by atoms with Gasteiger partial charge in [0.15, 0.2) is 0 Å². The van der Waals surface area contributed by atoms with Crippen molar-refractivity contribution in [2.24, 2.45) is 0 Å². The van der Waals surface area contributed by atoms with E-state index in [4.69, 9.17) is 16.7 Å². The lowest BCUT2D eigenvalue weighted by atomic mass is 9.88. The Hall–Kier alpha value is -1.32. The van der Waals surface area contributed by atoms with Crippen molar-refractivity contribution >= 4 is 11.6 Å². The molecule has 124 valence electrons. The molecule has 0 fully saturated rings. The molecule has 1 aliphatic rings. The highest BCUT2D eigenvalue weighted by atomic mass is 35.5. The highest BCUT2D eigenvalue weighted by molar-refractivity contribution is 6.30. The maximum atomic E-state index is 5.95. The number of hydrogen-bond acceptors (Lipinski definition) is 2. The quantitative estimate of drug-likeness (QED) is 0.913. The first kappa shape index (κ1) is 16.5. The van der Waals surface area contributed by atoms with Crippen molar-refractivity contribution in [1.82, 2.24) is 15.1 Å². The van der Waals surface area contributed by atoms with Crippen LogP contribution in [0, 0.1) is 0 Å². The molecule has 1 aromatic carbocycles. The second-order valence-electron chi connectivity index (χ2n) is 7.40. The minimum atomic E-state index is 0.102. The number of aryl methyl sites for hydroxylation is 2. The molecule has 2 aromatic rings. The fourth-order valence-electron chi connectivity index (χ4n) is 3.29. The van der Waals surface area contributed by atoms with Crippen LogP contribution in [0.1, 0.15) is 49.7 Å². The molecule has 0 spiro atoms. The Kier molecular flexibility index (Phi) is 4.79. The zero-order chi connectivity index (χ0) is 16.4. The third-order valence-corrected chi connectivity index (χ3v) is 4.72. The molecule has 23 heavy (non-hydrogen) atoms. The van der Waals surface area contributed by atoms with Crippen molar-refractivity contribution < 1.29 is 0 Å². The van der Waals surface area contributed by atoms with Gasteiger partial charge in [-0.25, -0.2) is 0 Å². The van der Waals surface area contributed by atoms with Crippen molar-refractivity contribution in [1.29, 1.82) is 0 Å². The van der Waals surface area contributed by atoms with E-state index in [0.29, 0.717) is 0 Å². The SMILES string of the molecule is CC(C)(C)c1nn(CCCc2ccc(Cl)cc2)c2c1CNCC2. The number of fused-ring (bicyclic) bond motifs is 1. The molecule has 0 amide bonds. The fraction of sp³-hybridized carbons (Fsp3) is 0.526. The van der Waals surface area contributed by atoms with Crippen molar-refractivity contribution in [3.8, 4) is 0 Å². The van der Waals surface area contributed by atoms with E-state index in [1.54, 1.807) is 0 Å². The molecule has 1 aliphatic heterocycles. The molecule has 0 unspecified atom stereocenters. The molecule has 0 radical (unpaired) electrons. The summed E-state index contributed by atoms with van der Waals surface area (Å²) in [4.78, 5) is 0. The summed E-state index contributed by atoms with van der Waals surface area (Å²) in [5, 5.41) is 9.26. The largest absolute Gasteiger partial charge is 0.312 e. The molecular formula is C19H26ClN3. The average Bonchev–Trinajstić information content (AvgIpc) is 2.89. The lowest BCUT2D eigenvalue weighted by Gasteiger charge is -2.20. The Morgan fingerprint density at radius 1 is 1.22 bits per heavy atom. The van der Waals surface area contributed by atoms with Gasteiger partial charge in [-0.3, -0.25) is 4.68 Å². The number of halogens is 1. The van der Waals surface area contributed by atoms with Crippen LogP contribution in [0.2, 0.25) is 5.02 Å². The van der Waals surface area contributed by atoms with Crippen LogP contribution < -0.4 is 5.32 Å². The number of rotatable bonds is 4. The predicted octanol–water partition coefficient (Wildman–Crippen LogP) is 4.11. The summed E-state index contributed by atoms with van der Waals surface area (Å²) in [6.07, 6.45) is 3.25. The van der Waals surface area contributed by atoms with Gasteiger partial charge in [0.25, 0.3) is 0 Å². The van der Waals surface area contributed by atoms with Gasteiger partial charge in [0.2, 0.25) is 0 Å². The van der Waals surface area contributed by atoms with Gasteiger partial charge < -0.3 is 5.32 Å². The number of nitrogens with zero attached hydrogens (tertiary/aromatic N) is 2. The monoisotopic (exact) mass is 331 g/mol. The van der Waals surface area contributed by atoms with E-state index in [1.807, 2.05) is 12.1 Å². The van der Waals surface area contributed by atoms with Crippen molar-refractivity contribution in [3.63, 3.8) is 0 Å². The summed E-state index contributed by atoms with van der Waals surface area (Å²) >= 11 is 5.95. The molecule has 1 N–H and O–H groups in total. The molecule has 0 atom stereocenters. The molecule has 2 heterocycles. The highest BCUT2D eigenvalue weighted by Crippen LogP contribution is 2.29. The molecule has 0 saturated carbocycles. The fourth-order valence-corrected chi connectivity index (χ4v) is 3.42. The zero-order valence-corrected chi connectivity index (χ0v) is 15.1. The van der Waals surface area contributed by atoms with Gasteiger partial charge in [0, 0.05) is 47.8 Å². The van der Waals surface area contributed by atoms with E-state index in [9.17, 15) is 0 Å². The number of benzene rings is 1. The number of aromatic nitrogens is 2. The standard InChI is InChI=1S/C19H26ClN3/c1-19(2,3)18-16-13-21-11-10-17(16)23(22-18)12-4-5-14-6-8-15(20)9-7-14/h6-9,21H,4-5,10-13H2,1-3H3. The van der Waals surface area contributed by atoms with Crippen LogP contribution in [-0.2, 0) is 31.3 Å². The molecule has 1 aromatic heterocycles. The minimum Gasteiger partial charge on any atom is -0.312 e. The summed E-state index contributed by atoms with van der Waals surface area (Å²) in [7, 11) is 0. The molecule has 0 saturated heterocycles. The van der Waals surface area contributed by atoms with Gasteiger partial charge in [-0.2, -0.15) is 5.10 Å². The second-order valence-corrected chi connectivity index (χ2v) is 7.84. The molecule has 3 nitrogen and oxygen atoms in total. The van der Waals surface area contributed by atoms with Crippen molar-refractivity contribution in [2.45, 2.75) is 58.5 Å². The van der Waals surface area contributed by atoms with Gasteiger partial charge in [0.05, 0.1) is 5.69 Å². The van der Waals surface area contributed by atoms with Crippen molar-refractivity contribution in [2.75, 3.05) is 6.54 Å². The third-order valence-electron chi connectivity index (χ3n) is 4.47. The van der Waals surface area contributed by atoms with Gasteiger partial charge in [-0.05, 0) is 30.5 Å². The van der Waals surface area contributed by atoms with Crippen LogP contribution in [0.3, 0.4) is 0 Å². The Morgan fingerprint density at radius 3 is 2.65 bits per heavy atom. The van der Waals surface area contributed by atoms with Gasteiger partial charge >= 0.3 is 0 Å². The smallest absolute Gasteiger partial charge is 0.0725 e. The van der Waals surface area contributed by atoms with E-state index in [2.05, 4.69) is 42.9 Å². The molecule has 0 bridgehead atoms. The molecule has 0 aliphatic carbocycles. The first-order valence-electron chi connectivity index (χ1n) is 8.49. The Balaban J connectivity index is 1.72. The van der Waals surface area contributed by atoms with Gasteiger partial charge in [-0.15, -0.1) is 0 Å². The zero-order valence-electron chi connectivity index (χ0n) is 14.3. The first-order valence-corrected chi connectivity index (χ1v) is 8.87. The Labute approximate surface area is 144 Å².